The van der Waals surface area contributed by atoms with Gasteiger partial charge in [0.2, 0.25) is 0 Å². The van der Waals surface area contributed by atoms with Crippen molar-refractivity contribution in [1.82, 2.24) is 0 Å². The number of hydrogen-bond donors (Lipinski definition) is 0. The third-order valence-corrected chi connectivity index (χ3v) is 4.51. The molecule has 0 fully saturated rings. The smallest absolute Gasteiger partial charge is 0.300 e. The van der Waals surface area contributed by atoms with Gasteiger partial charge in [-0.2, -0.15) is 23.4 Å². The monoisotopic (exact) mass is 424 g/mol. The van der Waals surface area contributed by atoms with Crippen LogP contribution in [-0.2, 0) is 23.8 Å². The lowest BCUT2D eigenvalue weighted by Gasteiger charge is -2.05. The summed E-state index contributed by atoms with van der Waals surface area (Å²) >= 11 is 0. The Labute approximate surface area is 177 Å². The number of azo groups is 1. The minimum absolute atomic E-state index is 0.0477. The fourth-order valence-corrected chi connectivity index (χ4v) is 2.90. The maximum Gasteiger partial charge on any atom is 0.416 e. The normalized spacial score (nSPS) is 11.6. The molecule has 0 N–H and O–H groups in total. The standard InChI is InChI=1S/C24H19F3N2O2/c1-16(30)14-17-2-6-19(7-3-17)23(31)15-18-4-10-21(11-5-18)28-29-22-12-8-20(9-13-22)24(25,26)27/h2-13H,14-15H2,1H3. The molecule has 3 aromatic carbocycles. The summed E-state index contributed by atoms with van der Waals surface area (Å²) < 4.78 is 37.7. The molecule has 0 aliphatic carbocycles. The minimum atomic E-state index is -4.39. The van der Waals surface area contributed by atoms with Crippen LogP contribution < -0.4 is 0 Å². The van der Waals surface area contributed by atoms with Crippen LogP contribution in [-0.4, -0.2) is 11.6 Å². The average molecular weight is 424 g/mol. The fourth-order valence-electron chi connectivity index (χ4n) is 2.90. The van der Waals surface area contributed by atoms with Crippen LogP contribution in [0.15, 0.2) is 83.0 Å². The largest absolute Gasteiger partial charge is 0.416 e. The molecule has 0 amide bonds. The fraction of sp³-hybridized carbons (Fsp3) is 0.167. The lowest BCUT2D eigenvalue weighted by atomic mass is 10.0. The molecule has 0 aliphatic rings. The highest BCUT2D eigenvalue weighted by molar-refractivity contribution is 5.97. The Morgan fingerprint density at radius 1 is 0.710 bits per heavy atom. The first-order chi connectivity index (χ1) is 14.7. The van der Waals surface area contributed by atoms with Gasteiger partial charge in [-0.3, -0.25) is 9.59 Å². The lowest BCUT2D eigenvalue weighted by Crippen LogP contribution is -2.04. The Morgan fingerprint density at radius 2 is 1.16 bits per heavy atom. The summed E-state index contributed by atoms with van der Waals surface area (Å²) in [6, 6.07) is 18.3. The molecule has 31 heavy (non-hydrogen) atoms. The number of carbonyl (C=O) groups is 2. The summed E-state index contributed by atoms with van der Waals surface area (Å²) in [6.07, 6.45) is -3.83. The number of carbonyl (C=O) groups excluding carboxylic acids is 2. The molecule has 0 unspecified atom stereocenters. The Balaban J connectivity index is 1.60. The molecule has 0 atom stereocenters. The number of halogens is 3. The van der Waals surface area contributed by atoms with E-state index in [2.05, 4.69) is 10.2 Å². The van der Waals surface area contributed by atoms with Crippen molar-refractivity contribution in [2.24, 2.45) is 10.2 Å². The van der Waals surface area contributed by atoms with Gasteiger partial charge in [0.05, 0.1) is 16.9 Å². The first-order valence-electron chi connectivity index (χ1n) is 9.50. The van der Waals surface area contributed by atoms with Crippen LogP contribution in [0.3, 0.4) is 0 Å². The van der Waals surface area contributed by atoms with E-state index >= 15 is 0 Å². The van der Waals surface area contributed by atoms with Crippen molar-refractivity contribution < 1.29 is 22.8 Å². The maximum atomic E-state index is 12.6. The van der Waals surface area contributed by atoms with E-state index in [0.717, 1.165) is 23.3 Å². The molecular formula is C24H19F3N2O2. The second kappa shape index (κ2) is 9.47. The second-order valence-electron chi connectivity index (χ2n) is 7.09. The third-order valence-electron chi connectivity index (χ3n) is 4.51. The number of ketones is 2. The van der Waals surface area contributed by atoms with E-state index in [9.17, 15) is 22.8 Å². The van der Waals surface area contributed by atoms with Crippen molar-refractivity contribution in [3.05, 3.63) is 95.1 Å². The maximum absolute atomic E-state index is 12.6. The zero-order valence-electron chi connectivity index (χ0n) is 16.7. The van der Waals surface area contributed by atoms with E-state index in [1.807, 2.05) is 0 Å². The van der Waals surface area contributed by atoms with Crippen LogP contribution in [0.2, 0.25) is 0 Å². The number of alkyl halides is 3. The predicted molar refractivity (Wildman–Crippen MR) is 111 cm³/mol. The van der Waals surface area contributed by atoms with Gasteiger partial charge in [-0.1, -0.05) is 36.4 Å². The molecule has 3 rings (SSSR count). The van der Waals surface area contributed by atoms with Gasteiger partial charge >= 0.3 is 6.18 Å². The number of nitrogens with zero attached hydrogens (tertiary/aromatic N) is 2. The van der Waals surface area contributed by atoms with Crippen LogP contribution in [0.1, 0.15) is 34.0 Å². The van der Waals surface area contributed by atoms with E-state index < -0.39 is 11.7 Å². The summed E-state index contributed by atoms with van der Waals surface area (Å²) in [5, 5.41) is 7.94. The van der Waals surface area contributed by atoms with Crippen molar-refractivity contribution >= 4 is 22.9 Å². The lowest BCUT2D eigenvalue weighted by molar-refractivity contribution is -0.137. The van der Waals surface area contributed by atoms with E-state index in [1.54, 1.807) is 48.5 Å². The molecular weight excluding hydrogens is 405 g/mol. The average Bonchev–Trinajstić information content (AvgIpc) is 2.73. The van der Waals surface area contributed by atoms with Crippen molar-refractivity contribution in [2.75, 3.05) is 0 Å². The van der Waals surface area contributed by atoms with Crippen molar-refractivity contribution in [1.29, 1.82) is 0 Å². The van der Waals surface area contributed by atoms with Crippen molar-refractivity contribution in [2.45, 2.75) is 25.9 Å². The van der Waals surface area contributed by atoms with E-state index in [-0.39, 0.29) is 18.0 Å². The number of Topliss-reactive ketones (excluding diaryl/α,β-unsaturated/α-hetero) is 2. The van der Waals surface area contributed by atoms with Gasteiger partial charge in [0.1, 0.15) is 5.78 Å². The molecule has 158 valence electrons. The molecule has 0 heterocycles. The van der Waals surface area contributed by atoms with Crippen LogP contribution in [0.5, 0.6) is 0 Å². The van der Waals surface area contributed by atoms with Crippen LogP contribution in [0, 0.1) is 0 Å². The SMILES string of the molecule is CC(=O)Cc1ccc(C(=O)Cc2ccc(N=Nc3ccc(C(F)(F)F)cc3)cc2)cc1. The quantitative estimate of drug-likeness (QED) is 0.314. The molecule has 0 spiro atoms. The molecule has 0 aromatic heterocycles. The highest BCUT2D eigenvalue weighted by Gasteiger charge is 2.29. The second-order valence-corrected chi connectivity index (χ2v) is 7.09. The van der Waals surface area contributed by atoms with Gasteiger partial charge in [-0.15, -0.1) is 0 Å². The Bertz CT molecular complexity index is 1090. The Kier molecular flexibility index (Phi) is 6.74. The van der Waals surface area contributed by atoms with E-state index in [4.69, 9.17) is 0 Å². The van der Waals surface area contributed by atoms with Gasteiger partial charge in [-0.25, -0.2) is 0 Å². The summed E-state index contributed by atoms with van der Waals surface area (Å²) in [5.41, 5.74) is 2.32. The predicted octanol–water partition coefficient (Wildman–Crippen LogP) is 6.68. The summed E-state index contributed by atoms with van der Waals surface area (Å²) in [6.45, 7) is 1.52. The molecule has 7 heteroatoms. The molecule has 3 aromatic rings. The minimum Gasteiger partial charge on any atom is -0.300 e. The van der Waals surface area contributed by atoms with Crippen LogP contribution >= 0.6 is 0 Å². The highest BCUT2D eigenvalue weighted by atomic mass is 19.4. The summed E-state index contributed by atoms with van der Waals surface area (Å²) in [4.78, 5) is 23.6. The summed E-state index contributed by atoms with van der Waals surface area (Å²) in [5.74, 6) is 0.0168. The molecule has 0 radical (unpaired) electrons. The number of hydrogen-bond acceptors (Lipinski definition) is 4. The highest BCUT2D eigenvalue weighted by Crippen LogP contribution is 2.30. The van der Waals surface area contributed by atoms with Gasteiger partial charge < -0.3 is 0 Å². The van der Waals surface area contributed by atoms with E-state index in [1.165, 1.54) is 19.1 Å². The van der Waals surface area contributed by atoms with Gasteiger partial charge in [0.15, 0.2) is 5.78 Å². The molecule has 0 bridgehead atoms. The molecule has 0 saturated carbocycles. The first kappa shape index (κ1) is 22.1. The Morgan fingerprint density at radius 3 is 1.65 bits per heavy atom. The number of rotatable bonds is 7. The van der Waals surface area contributed by atoms with Crippen molar-refractivity contribution in [3.8, 4) is 0 Å². The molecule has 0 aliphatic heterocycles. The van der Waals surface area contributed by atoms with Crippen LogP contribution in [0.4, 0.5) is 24.5 Å². The molecule has 0 saturated heterocycles. The number of benzene rings is 3. The van der Waals surface area contributed by atoms with E-state index in [0.29, 0.717) is 23.4 Å². The topological polar surface area (TPSA) is 58.9 Å². The van der Waals surface area contributed by atoms with Crippen LogP contribution in [0.25, 0.3) is 0 Å². The third kappa shape index (κ3) is 6.44. The van der Waals surface area contributed by atoms with Gasteiger partial charge in [0, 0.05) is 18.4 Å². The summed E-state index contributed by atoms with van der Waals surface area (Å²) in [7, 11) is 0. The van der Waals surface area contributed by atoms with Crippen molar-refractivity contribution in [3.63, 3.8) is 0 Å². The molecule has 4 nitrogen and oxygen atoms in total. The zero-order chi connectivity index (χ0) is 22.4. The zero-order valence-corrected chi connectivity index (χ0v) is 16.7. The Hall–Kier alpha value is -3.61. The van der Waals surface area contributed by atoms with Gasteiger partial charge in [0.25, 0.3) is 0 Å². The van der Waals surface area contributed by atoms with Gasteiger partial charge in [-0.05, 0) is 54.4 Å². The first-order valence-corrected chi connectivity index (χ1v) is 9.50.